The van der Waals surface area contributed by atoms with Crippen LogP contribution >= 0.6 is 0 Å². The zero-order chi connectivity index (χ0) is 10.4. The molecule has 14 heavy (non-hydrogen) atoms. The van der Waals surface area contributed by atoms with Gasteiger partial charge in [0.05, 0.1) is 14.2 Å². The molecule has 1 aromatic rings. The van der Waals surface area contributed by atoms with Gasteiger partial charge in [-0.2, -0.15) is 0 Å². The predicted molar refractivity (Wildman–Crippen MR) is 54.3 cm³/mol. The Balaban J connectivity index is 3.04. The second-order valence-electron chi connectivity index (χ2n) is 2.56. The number of allylic oxidation sites excluding steroid dienone is 1. The van der Waals surface area contributed by atoms with Crippen molar-refractivity contribution in [3.8, 4) is 11.5 Å². The summed E-state index contributed by atoms with van der Waals surface area (Å²) in [6, 6.07) is 5.36. The van der Waals surface area contributed by atoms with E-state index in [2.05, 4.69) is 0 Å². The minimum Gasteiger partial charge on any atom is -0.497 e. The van der Waals surface area contributed by atoms with Gasteiger partial charge in [0.2, 0.25) is 6.29 Å². The molecule has 1 aromatic carbocycles. The monoisotopic (exact) mass is 191 g/mol. The smallest absolute Gasteiger partial charge is 0.225 e. The summed E-state index contributed by atoms with van der Waals surface area (Å²) < 4.78 is 10.2. The molecule has 1 radical (unpaired) electrons. The Labute approximate surface area is 83.0 Å². The van der Waals surface area contributed by atoms with Crippen molar-refractivity contribution < 1.29 is 14.3 Å². The van der Waals surface area contributed by atoms with Crippen molar-refractivity contribution >= 4 is 12.4 Å². The summed E-state index contributed by atoms with van der Waals surface area (Å²) in [5, 5.41) is 0. The van der Waals surface area contributed by atoms with E-state index in [4.69, 9.17) is 9.47 Å². The summed E-state index contributed by atoms with van der Waals surface area (Å²) in [6.07, 6.45) is 4.60. The van der Waals surface area contributed by atoms with E-state index in [0.29, 0.717) is 11.5 Å². The van der Waals surface area contributed by atoms with Crippen LogP contribution in [-0.4, -0.2) is 20.5 Å². The first-order valence-electron chi connectivity index (χ1n) is 4.08. The minimum atomic E-state index is 0.663. The average molecular weight is 191 g/mol. The standard InChI is InChI=1S/C11H11O3/c1-13-10-6-5-9(4-3-7-12)11(8-10)14-2/h3-6,8H,1-2H3/b4-3+. The van der Waals surface area contributed by atoms with E-state index in [9.17, 15) is 4.79 Å². The maximum atomic E-state index is 10.0. The van der Waals surface area contributed by atoms with Gasteiger partial charge in [-0.25, -0.2) is 0 Å². The molecule has 0 bridgehead atoms. The number of benzene rings is 1. The van der Waals surface area contributed by atoms with E-state index >= 15 is 0 Å². The molecule has 0 fully saturated rings. The quantitative estimate of drug-likeness (QED) is 0.681. The largest absolute Gasteiger partial charge is 0.497 e. The summed E-state index contributed by atoms with van der Waals surface area (Å²) in [6.45, 7) is 0. The van der Waals surface area contributed by atoms with Gasteiger partial charge in [-0.1, -0.05) is 0 Å². The average Bonchev–Trinajstić information content (AvgIpc) is 2.26. The first-order chi connectivity index (χ1) is 6.81. The first-order valence-corrected chi connectivity index (χ1v) is 4.08. The van der Waals surface area contributed by atoms with Crippen molar-refractivity contribution in [3.05, 3.63) is 29.8 Å². The van der Waals surface area contributed by atoms with Crippen molar-refractivity contribution in [2.24, 2.45) is 0 Å². The lowest BCUT2D eigenvalue weighted by Crippen LogP contribution is -1.89. The number of ether oxygens (including phenoxy) is 2. The Bertz CT molecular complexity index is 342. The molecule has 3 heteroatoms. The van der Waals surface area contributed by atoms with Crippen LogP contribution in [0.4, 0.5) is 0 Å². The van der Waals surface area contributed by atoms with Crippen LogP contribution in [0.25, 0.3) is 6.08 Å². The van der Waals surface area contributed by atoms with Crippen LogP contribution in [0.15, 0.2) is 24.3 Å². The molecule has 0 heterocycles. The lowest BCUT2D eigenvalue weighted by molar-refractivity contribution is 0.394. The summed E-state index contributed by atoms with van der Waals surface area (Å²) >= 11 is 0. The zero-order valence-electron chi connectivity index (χ0n) is 8.11. The van der Waals surface area contributed by atoms with E-state index < -0.39 is 0 Å². The highest BCUT2D eigenvalue weighted by Gasteiger charge is 2.01. The molecule has 0 aliphatic heterocycles. The number of hydrogen-bond donors (Lipinski definition) is 0. The minimum absolute atomic E-state index is 0.663. The van der Waals surface area contributed by atoms with Crippen LogP contribution in [0, 0.1) is 0 Å². The zero-order valence-corrected chi connectivity index (χ0v) is 8.11. The van der Waals surface area contributed by atoms with Gasteiger partial charge in [0.15, 0.2) is 0 Å². The molecule has 0 aromatic heterocycles. The predicted octanol–water partition coefficient (Wildman–Crippen LogP) is 1.83. The Kier molecular flexibility index (Phi) is 3.73. The third-order valence-electron chi connectivity index (χ3n) is 1.77. The fourth-order valence-corrected chi connectivity index (χ4v) is 1.08. The van der Waals surface area contributed by atoms with Crippen LogP contribution in [0.3, 0.4) is 0 Å². The molecule has 73 valence electrons. The van der Waals surface area contributed by atoms with Crippen molar-refractivity contribution in [2.45, 2.75) is 0 Å². The first kappa shape index (κ1) is 10.3. The lowest BCUT2D eigenvalue weighted by atomic mass is 10.2. The fourth-order valence-electron chi connectivity index (χ4n) is 1.08. The van der Waals surface area contributed by atoms with E-state index in [1.807, 2.05) is 6.07 Å². The van der Waals surface area contributed by atoms with Gasteiger partial charge in [0.1, 0.15) is 11.5 Å². The molecular weight excluding hydrogens is 180 g/mol. The maximum Gasteiger partial charge on any atom is 0.225 e. The highest BCUT2D eigenvalue weighted by Crippen LogP contribution is 2.25. The van der Waals surface area contributed by atoms with Crippen LogP contribution in [0.2, 0.25) is 0 Å². The number of rotatable bonds is 4. The molecule has 0 aliphatic carbocycles. The van der Waals surface area contributed by atoms with Crippen LogP contribution in [0.1, 0.15) is 5.56 Å². The maximum absolute atomic E-state index is 10.0. The lowest BCUT2D eigenvalue weighted by Gasteiger charge is -2.06. The summed E-state index contributed by atoms with van der Waals surface area (Å²) in [7, 11) is 3.15. The highest BCUT2D eigenvalue weighted by atomic mass is 16.5. The Morgan fingerprint density at radius 3 is 2.64 bits per heavy atom. The molecular formula is C11H11O3. The van der Waals surface area contributed by atoms with Gasteiger partial charge < -0.3 is 9.47 Å². The van der Waals surface area contributed by atoms with Crippen molar-refractivity contribution in [3.63, 3.8) is 0 Å². The van der Waals surface area contributed by atoms with Gasteiger partial charge in [0.25, 0.3) is 0 Å². The molecule has 3 nitrogen and oxygen atoms in total. The number of carbonyl (C=O) groups excluding carboxylic acids is 1. The molecule has 0 atom stereocenters. The van der Waals surface area contributed by atoms with Gasteiger partial charge >= 0.3 is 0 Å². The van der Waals surface area contributed by atoms with Crippen LogP contribution < -0.4 is 9.47 Å². The molecule has 0 aliphatic rings. The topological polar surface area (TPSA) is 35.5 Å². The van der Waals surface area contributed by atoms with Crippen LogP contribution in [-0.2, 0) is 4.79 Å². The second-order valence-corrected chi connectivity index (χ2v) is 2.56. The third-order valence-corrected chi connectivity index (χ3v) is 1.77. The number of methoxy groups -OCH3 is 2. The number of hydrogen-bond acceptors (Lipinski definition) is 3. The third kappa shape index (κ3) is 2.36. The molecule has 0 amide bonds. The van der Waals surface area contributed by atoms with E-state index in [0.717, 1.165) is 5.56 Å². The van der Waals surface area contributed by atoms with E-state index in [1.165, 1.54) is 6.08 Å². The summed E-state index contributed by atoms with van der Waals surface area (Å²) in [5.74, 6) is 1.38. The second kappa shape index (κ2) is 5.07. The van der Waals surface area contributed by atoms with Gasteiger partial charge in [-0.15, -0.1) is 0 Å². The van der Waals surface area contributed by atoms with Gasteiger partial charge in [-0.05, 0) is 24.3 Å². The molecule has 1 rings (SSSR count). The van der Waals surface area contributed by atoms with Crippen molar-refractivity contribution in [2.75, 3.05) is 14.2 Å². The van der Waals surface area contributed by atoms with E-state index in [1.54, 1.807) is 38.7 Å². The Morgan fingerprint density at radius 2 is 2.07 bits per heavy atom. The molecule has 0 spiro atoms. The van der Waals surface area contributed by atoms with Gasteiger partial charge in [0, 0.05) is 11.6 Å². The molecule has 0 N–H and O–H groups in total. The summed E-state index contributed by atoms with van der Waals surface area (Å²) in [5.41, 5.74) is 0.816. The van der Waals surface area contributed by atoms with Crippen LogP contribution in [0.5, 0.6) is 11.5 Å². The Morgan fingerprint density at radius 1 is 1.29 bits per heavy atom. The highest BCUT2D eigenvalue weighted by molar-refractivity contribution is 5.76. The van der Waals surface area contributed by atoms with Gasteiger partial charge in [-0.3, -0.25) is 4.79 Å². The van der Waals surface area contributed by atoms with Crippen molar-refractivity contribution in [1.82, 2.24) is 0 Å². The molecule has 0 unspecified atom stereocenters. The normalized spacial score (nSPS) is 10.1. The van der Waals surface area contributed by atoms with E-state index in [-0.39, 0.29) is 0 Å². The van der Waals surface area contributed by atoms with Crippen molar-refractivity contribution in [1.29, 1.82) is 0 Å². The summed E-state index contributed by atoms with van der Waals surface area (Å²) in [4.78, 5) is 10.0. The fraction of sp³-hybridized carbons (Fsp3) is 0.182. The SMILES string of the molecule is COc1ccc(/C=C/[C]=O)c(OC)c1. The Hall–Kier alpha value is -1.77. The molecule has 0 saturated carbocycles. The molecule has 0 saturated heterocycles.